The van der Waals surface area contributed by atoms with Crippen LogP contribution in [0.2, 0.25) is 0 Å². The highest BCUT2D eigenvalue weighted by molar-refractivity contribution is 6.20. The Morgan fingerprint density at radius 1 is 0.692 bits per heavy atom. The van der Waals surface area contributed by atoms with E-state index in [-0.39, 0.29) is 0 Å². The van der Waals surface area contributed by atoms with E-state index in [0.717, 1.165) is 56.0 Å². The second-order valence-corrected chi connectivity index (χ2v) is 6.52. The second-order valence-electron chi connectivity index (χ2n) is 6.52. The van der Waals surface area contributed by atoms with Crippen molar-refractivity contribution in [2.45, 2.75) is 0 Å². The Bertz CT molecular complexity index is 1230. The Kier molecular flexibility index (Phi) is 2.43. The Hall–Kier alpha value is -3.73. The maximum atomic E-state index is 10.1. The van der Waals surface area contributed by atoms with Crippen molar-refractivity contribution in [3.05, 3.63) is 69.9 Å². The SMILES string of the molecule is Oc1c2c3nc(c1-2)C=C1C=CC(=N1)C=c1ccc([nH]1)=CC1=NC(=C3)C=C1. The number of hydrogen-bond acceptors (Lipinski definition) is 4. The zero-order valence-corrected chi connectivity index (χ0v) is 13.6. The van der Waals surface area contributed by atoms with Crippen molar-refractivity contribution in [3.63, 3.8) is 0 Å². The molecule has 0 radical (unpaired) electrons. The Labute approximate surface area is 148 Å². The summed E-state index contributed by atoms with van der Waals surface area (Å²) in [6, 6.07) is 4.04. The van der Waals surface area contributed by atoms with Gasteiger partial charge in [-0.2, -0.15) is 0 Å². The van der Waals surface area contributed by atoms with Crippen LogP contribution in [0.3, 0.4) is 0 Å². The van der Waals surface area contributed by atoms with E-state index in [9.17, 15) is 5.11 Å². The molecule has 5 aliphatic rings. The molecule has 0 aromatic carbocycles. The highest BCUT2D eigenvalue weighted by atomic mass is 16.3. The largest absolute Gasteiger partial charge is 0.506 e. The van der Waals surface area contributed by atoms with Crippen LogP contribution in [0, 0.1) is 0 Å². The summed E-state index contributed by atoms with van der Waals surface area (Å²) >= 11 is 0. The molecular formula is C21H12N4O. The molecule has 1 aromatic rings. The van der Waals surface area contributed by atoms with Gasteiger partial charge in [0.25, 0.3) is 0 Å². The van der Waals surface area contributed by atoms with Crippen LogP contribution in [-0.4, -0.2) is 26.5 Å². The van der Waals surface area contributed by atoms with E-state index in [1.165, 1.54) is 0 Å². The number of aromatic amines is 1. The predicted octanol–water partition coefficient (Wildman–Crippen LogP) is 2.07. The van der Waals surface area contributed by atoms with Crippen LogP contribution in [0.4, 0.5) is 0 Å². The van der Waals surface area contributed by atoms with Gasteiger partial charge in [0.15, 0.2) is 0 Å². The summed E-state index contributed by atoms with van der Waals surface area (Å²) in [6.45, 7) is 0. The molecule has 122 valence electrons. The second kappa shape index (κ2) is 4.67. The molecule has 5 nitrogen and oxygen atoms in total. The van der Waals surface area contributed by atoms with Crippen molar-refractivity contribution in [3.8, 4) is 16.9 Å². The van der Waals surface area contributed by atoms with E-state index in [2.05, 4.69) is 20.0 Å². The fraction of sp³-hybridized carbons (Fsp3) is 0. The quantitative estimate of drug-likeness (QED) is 0.660. The minimum Gasteiger partial charge on any atom is -0.506 e. The normalized spacial score (nSPS) is 17.8. The lowest BCUT2D eigenvalue weighted by molar-refractivity contribution is 0.494. The number of allylic oxidation sites excluding steroid dienone is 4. The first-order valence-electron chi connectivity index (χ1n) is 8.36. The maximum absolute atomic E-state index is 10.1. The zero-order valence-electron chi connectivity index (χ0n) is 13.6. The molecule has 1 aromatic heterocycles. The first-order valence-corrected chi connectivity index (χ1v) is 8.36. The third-order valence-electron chi connectivity index (χ3n) is 4.69. The van der Waals surface area contributed by atoms with Gasteiger partial charge < -0.3 is 10.1 Å². The number of rotatable bonds is 0. The molecule has 2 N–H and O–H groups in total. The van der Waals surface area contributed by atoms with E-state index in [0.29, 0.717) is 5.75 Å². The van der Waals surface area contributed by atoms with Crippen LogP contribution in [0.25, 0.3) is 35.4 Å². The van der Waals surface area contributed by atoms with E-state index in [1.54, 1.807) is 0 Å². The van der Waals surface area contributed by atoms with Gasteiger partial charge in [-0.1, -0.05) is 0 Å². The van der Waals surface area contributed by atoms with Crippen molar-refractivity contribution in [1.82, 2.24) is 9.97 Å². The fourth-order valence-electron chi connectivity index (χ4n) is 3.43. The van der Waals surface area contributed by atoms with Gasteiger partial charge in [-0.05, 0) is 60.7 Å². The Morgan fingerprint density at radius 2 is 1.23 bits per heavy atom. The summed E-state index contributed by atoms with van der Waals surface area (Å²) in [4.78, 5) is 17.2. The number of H-pyrrole nitrogens is 1. The highest BCUT2D eigenvalue weighted by Gasteiger charge is 2.34. The lowest BCUT2D eigenvalue weighted by atomic mass is 10.2. The monoisotopic (exact) mass is 336 g/mol. The maximum Gasteiger partial charge on any atom is 0.136 e. The van der Waals surface area contributed by atoms with E-state index in [4.69, 9.17) is 0 Å². The van der Waals surface area contributed by atoms with Gasteiger partial charge in [0.2, 0.25) is 0 Å². The first kappa shape index (κ1) is 13.5. The smallest absolute Gasteiger partial charge is 0.136 e. The number of pyridine rings is 1. The molecule has 8 bridgehead atoms. The van der Waals surface area contributed by atoms with Crippen LogP contribution in [0.5, 0.6) is 5.75 Å². The number of aromatic nitrogens is 2. The summed E-state index contributed by atoms with van der Waals surface area (Å²) in [6.07, 6.45) is 15.6. The average molecular weight is 336 g/mol. The Morgan fingerprint density at radius 3 is 1.77 bits per heavy atom. The molecule has 6 rings (SSSR count). The van der Waals surface area contributed by atoms with Crippen LogP contribution in [0.15, 0.2) is 57.8 Å². The number of nitrogens with zero attached hydrogens (tertiary/aromatic N) is 3. The van der Waals surface area contributed by atoms with Gasteiger partial charge in [0, 0.05) is 10.7 Å². The van der Waals surface area contributed by atoms with Crippen LogP contribution in [-0.2, 0) is 0 Å². The molecule has 0 spiro atoms. The van der Waals surface area contributed by atoms with Gasteiger partial charge in [-0.15, -0.1) is 0 Å². The van der Waals surface area contributed by atoms with Crippen molar-refractivity contribution in [1.29, 1.82) is 0 Å². The fourth-order valence-corrected chi connectivity index (χ4v) is 3.43. The molecule has 0 unspecified atom stereocenters. The van der Waals surface area contributed by atoms with Crippen molar-refractivity contribution >= 4 is 35.7 Å². The van der Waals surface area contributed by atoms with Crippen molar-refractivity contribution < 1.29 is 5.11 Å². The third-order valence-corrected chi connectivity index (χ3v) is 4.69. The van der Waals surface area contributed by atoms with Crippen LogP contribution in [0.1, 0.15) is 11.4 Å². The number of aliphatic imine (C=N–C) groups is 2. The standard InChI is InChI=1S/C21H12N4O/c26-21-19-17-9-15-5-3-13(23-15)7-11-1-2-12(22-11)8-14-4-6-16(24-14)10-18(25-17)20(19)21/h1-10,22H,(H,25,26). The predicted molar refractivity (Wildman–Crippen MR) is 103 cm³/mol. The zero-order chi connectivity index (χ0) is 17.3. The molecule has 1 aliphatic carbocycles. The average Bonchev–Trinajstić information content (AvgIpc) is 3.15. The molecule has 0 amide bonds. The summed E-state index contributed by atoms with van der Waals surface area (Å²) in [5.74, 6) is 0.327. The van der Waals surface area contributed by atoms with Crippen LogP contribution >= 0.6 is 0 Å². The number of fused-ring (bicyclic) bond motifs is 9. The first-order chi connectivity index (χ1) is 12.7. The van der Waals surface area contributed by atoms with E-state index >= 15 is 0 Å². The molecule has 5 heteroatoms. The molecule has 26 heavy (non-hydrogen) atoms. The molecule has 0 atom stereocenters. The minimum absolute atomic E-state index is 0.327. The molecular weight excluding hydrogens is 324 g/mol. The summed E-state index contributed by atoms with van der Waals surface area (Å²) in [5, 5.41) is 12.1. The lowest BCUT2D eigenvalue weighted by Crippen LogP contribution is -2.12. The molecule has 0 saturated carbocycles. The molecule has 0 saturated heterocycles. The number of hydrogen-bond donors (Lipinski definition) is 2. The summed E-state index contributed by atoms with van der Waals surface area (Å²) < 4.78 is 0. The topological polar surface area (TPSA) is 73.6 Å². The summed E-state index contributed by atoms with van der Waals surface area (Å²) in [5.41, 5.74) is 6.53. The van der Waals surface area contributed by atoms with Crippen molar-refractivity contribution in [2.24, 2.45) is 9.98 Å². The van der Waals surface area contributed by atoms with Gasteiger partial charge in [-0.25, -0.2) is 15.0 Å². The van der Waals surface area contributed by atoms with E-state index in [1.807, 2.05) is 60.7 Å². The van der Waals surface area contributed by atoms with Crippen molar-refractivity contribution in [2.75, 3.05) is 0 Å². The van der Waals surface area contributed by atoms with Gasteiger partial charge >= 0.3 is 0 Å². The Balaban J connectivity index is 1.60. The minimum atomic E-state index is 0.327. The third kappa shape index (κ3) is 2.01. The summed E-state index contributed by atoms with van der Waals surface area (Å²) in [7, 11) is 0. The molecule has 5 heterocycles. The van der Waals surface area contributed by atoms with Gasteiger partial charge in [-0.3, -0.25) is 0 Å². The molecule has 4 aliphatic heterocycles. The number of nitrogens with one attached hydrogen (secondary N) is 1. The van der Waals surface area contributed by atoms with Gasteiger partial charge in [0.05, 0.1) is 45.3 Å². The highest BCUT2D eigenvalue weighted by Crippen LogP contribution is 2.55. The lowest BCUT2D eigenvalue weighted by Gasteiger charge is -1.92. The van der Waals surface area contributed by atoms with Gasteiger partial charge in [0.1, 0.15) is 5.75 Å². The van der Waals surface area contributed by atoms with Crippen LogP contribution < -0.4 is 10.7 Å². The molecule has 0 fully saturated rings. The number of aromatic hydroxyl groups is 1. The van der Waals surface area contributed by atoms with E-state index < -0.39 is 0 Å².